The van der Waals surface area contributed by atoms with Gasteiger partial charge in [0.25, 0.3) is 0 Å². The maximum atomic E-state index is 14.2. The Morgan fingerprint density at radius 1 is 1.36 bits per heavy atom. The average molecular weight is 299 g/mol. The van der Waals surface area contributed by atoms with Crippen LogP contribution in [0.15, 0.2) is 30.5 Å². The van der Waals surface area contributed by atoms with Crippen LogP contribution in [0.1, 0.15) is 25.8 Å². The first-order valence-electron chi connectivity index (χ1n) is 7.10. The molecule has 1 atom stereocenters. The molecule has 22 heavy (non-hydrogen) atoms. The number of benzene rings is 1. The molecule has 0 spiro atoms. The lowest BCUT2D eigenvalue weighted by atomic mass is 10.0. The molecule has 1 aromatic carbocycles. The van der Waals surface area contributed by atoms with Crippen LogP contribution in [0, 0.1) is 17.1 Å². The van der Waals surface area contributed by atoms with Crippen LogP contribution < -0.4 is 10.1 Å². The van der Waals surface area contributed by atoms with E-state index >= 15 is 0 Å². The number of halogens is 1. The quantitative estimate of drug-likeness (QED) is 0.907. The van der Waals surface area contributed by atoms with Crippen LogP contribution in [-0.4, -0.2) is 18.1 Å². The summed E-state index contributed by atoms with van der Waals surface area (Å²) in [5, 5.41) is 12.4. The Morgan fingerprint density at radius 3 is 2.68 bits per heavy atom. The summed E-state index contributed by atoms with van der Waals surface area (Å²) < 4.78 is 19.4. The number of hydrogen-bond donors (Lipinski definition) is 1. The number of nitrogens with zero attached hydrogens (tertiary/aromatic N) is 2. The molecule has 4 nitrogen and oxygen atoms in total. The highest BCUT2D eigenvalue weighted by molar-refractivity contribution is 5.74. The minimum Gasteiger partial charge on any atom is -0.495 e. The zero-order valence-corrected chi connectivity index (χ0v) is 12.9. The molecule has 0 saturated heterocycles. The van der Waals surface area contributed by atoms with Crippen LogP contribution in [0.2, 0.25) is 0 Å². The third-order valence-electron chi connectivity index (χ3n) is 3.49. The first kappa shape index (κ1) is 15.8. The van der Waals surface area contributed by atoms with Gasteiger partial charge in [-0.1, -0.05) is 6.92 Å². The van der Waals surface area contributed by atoms with Crippen LogP contribution in [-0.2, 0) is 0 Å². The summed E-state index contributed by atoms with van der Waals surface area (Å²) in [5.74, 6) is 0.515. The molecule has 2 rings (SSSR count). The van der Waals surface area contributed by atoms with Crippen LogP contribution in [0.4, 0.5) is 10.2 Å². The monoisotopic (exact) mass is 299 g/mol. The minimum atomic E-state index is -0.444. The molecule has 0 radical (unpaired) electrons. The number of aromatic nitrogens is 1. The number of methoxy groups -OCH3 is 1. The highest BCUT2D eigenvalue weighted by Gasteiger charge is 2.16. The topological polar surface area (TPSA) is 57.9 Å². The molecule has 114 valence electrons. The highest BCUT2D eigenvalue weighted by atomic mass is 19.1. The normalized spacial score (nSPS) is 11.6. The molecule has 1 heterocycles. The summed E-state index contributed by atoms with van der Waals surface area (Å²) in [6.45, 7) is 4.15. The molecule has 0 aliphatic carbocycles. The van der Waals surface area contributed by atoms with Gasteiger partial charge in [-0.3, -0.25) is 0 Å². The predicted molar refractivity (Wildman–Crippen MR) is 84.3 cm³/mol. The second-order valence-corrected chi connectivity index (χ2v) is 5.00. The van der Waals surface area contributed by atoms with Gasteiger partial charge in [0.15, 0.2) is 0 Å². The van der Waals surface area contributed by atoms with Gasteiger partial charge in [-0.25, -0.2) is 9.37 Å². The zero-order chi connectivity index (χ0) is 16.1. The molecule has 0 aliphatic heterocycles. The van der Waals surface area contributed by atoms with Crippen molar-refractivity contribution in [2.75, 3.05) is 12.4 Å². The molecule has 0 amide bonds. The van der Waals surface area contributed by atoms with Crippen molar-refractivity contribution in [1.29, 1.82) is 5.26 Å². The number of ether oxygens (including phenoxy) is 1. The second-order valence-electron chi connectivity index (χ2n) is 5.00. The maximum Gasteiger partial charge on any atom is 0.147 e. The molecule has 2 aromatic rings. The van der Waals surface area contributed by atoms with Crippen molar-refractivity contribution < 1.29 is 9.13 Å². The number of nitriles is 1. The molecule has 1 N–H and O–H groups in total. The predicted octanol–water partition coefficient (Wildman–Crippen LogP) is 3.98. The van der Waals surface area contributed by atoms with Crippen LogP contribution >= 0.6 is 0 Å². The van der Waals surface area contributed by atoms with Gasteiger partial charge in [0, 0.05) is 17.8 Å². The van der Waals surface area contributed by atoms with Crippen LogP contribution in [0.25, 0.3) is 11.1 Å². The number of pyridine rings is 1. The first-order valence-corrected chi connectivity index (χ1v) is 7.10. The SMILES string of the molecule is CCC(C)Nc1ccc(-c2c(F)ccc(C#N)c2OC)cn1. The smallest absolute Gasteiger partial charge is 0.147 e. The molecule has 0 aliphatic rings. The van der Waals surface area contributed by atoms with E-state index in [1.54, 1.807) is 18.3 Å². The summed E-state index contributed by atoms with van der Waals surface area (Å²) in [6.07, 6.45) is 2.56. The lowest BCUT2D eigenvalue weighted by Gasteiger charge is -2.14. The van der Waals surface area contributed by atoms with E-state index in [2.05, 4.69) is 24.1 Å². The van der Waals surface area contributed by atoms with E-state index in [4.69, 9.17) is 10.00 Å². The Hall–Kier alpha value is -2.61. The lowest BCUT2D eigenvalue weighted by molar-refractivity contribution is 0.412. The average Bonchev–Trinajstić information content (AvgIpc) is 2.55. The Labute approximate surface area is 129 Å². The van der Waals surface area contributed by atoms with Gasteiger partial charge >= 0.3 is 0 Å². The van der Waals surface area contributed by atoms with Crippen LogP contribution in [0.5, 0.6) is 5.75 Å². The van der Waals surface area contributed by atoms with Gasteiger partial charge in [-0.15, -0.1) is 0 Å². The number of nitrogens with one attached hydrogen (secondary N) is 1. The molecule has 5 heteroatoms. The molecular formula is C17H18FN3O. The van der Waals surface area contributed by atoms with Gasteiger partial charge in [-0.2, -0.15) is 5.26 Å². The molecule has 1 aromatic heterocycles. The third-order valence-corrected chi connectivity index (χ3v) is 3.49. The Balaban J connectivity index is 2.42. The fourth-order valence-corrected chi connectivity index (χ4v) is 2.11. The summed E-state index contributed by atoms with van der Waals surface area (Å²) in [6, 6.07) is 8.54. The van der Waals surface area contributed by atoms with Gasteiger partial charge in [0.05, 0.1) is 18.2 Å². The molecular weight excluding hydrogens is 281 g/mol. The van der Waals surface area contributed by atoms with Gasteiger partial charge < -0.3 is 10.1 Å². The molecule has 0 fully saturated rings. The standard InChI is InChI=1S/C17H18FN3O/c1-4-11(2)21-15-8-6-13(10-20-15)16-14(18)7-5-12(9-19)17(16)22-3/h5-8,10-11H,4H2,1-3H3,(H,20,21). The summed E-state index contributed by atoms with van der Waals surface area (Å²) in [4.78, 5) is 4.30. The zero-order valence-electron chi connectivity index (χ0n) is 12.9. The third kappa shape index (κ3) is 3.17. The van der Waals surface area contributed by atoms with Crippen molar-refractivity contribution in [3.8, 4) is 22.9 Å². The van der Waals surface area contributed by atoms with Crippen molar-refractivity contribution in [3.05, 3.63) is 41.8 Å². The van der Waals surface area contributed by atoms with Crippen molar-refractivity contribution in [2.45, 2.75) is 26.3 Å². The maximum absolute atomic E-state index is 14.2. The van der Waals surface area contributed by atoms with E-state index in [9.17, 15) is 4.39 Å². The molecule has 0 bridgehead atoms. The van der Waals surface area contributed by atoms with Crippen molar-refractivity contribution in [1.82, 2.24) is 4.98 Å². The van der Waals surface area contributed by atoms with E-state index in [0.29, 0.717) is 17.2 Å². The minimum absolute atomic E-state index is 0.229. The summed E-state index contributed by atoms with van der Waals surface area (Å²) >= 11 is 0. The second kappa shape index (κ2) is 6.90. The van der Waals surface area contributed by atoms with E-state index < -0.39 is 5.82 Å². The fraction of sp³-hybridized carbons (Fsp3) is 0.294. The summed E-state index contributed by atoms with van der Waals surface area (Å²) in [5.41, 5.74) is 1.12. The molecule has 0 saturated carbocycles. The fourth-order valence-electron chi connectivity index (χ4n) is 2.11. The van der Waals surface area contributed by atoms with Crippen molar-refractivity contribution in [3.63, 3.8) is 0 Å². The van der Waals surface area contributed by atoms with Crippen molar-refractivity contribution >= 4 is 5.82 Å². The Morgan fingerprint density at radius 2 is 2.14 bits per heavy atom. The molecule has 1 unspecified atom stereocenters. The summed E-state index contributed by atoms with van der Waals surface area (Å²) in [7, 11) is 1.42. The Bertz CT molecular complexity index is 692. The van der Waals surface area contributed by atoms with E-state index in [1.807, 2.05) is 6.07 Å². The van der Waals surface area contributed by atoms with Crippen molar-refractivity contribution in [2.24, 2.45) is 0 Å². The highest BCUT2D eigenvalue weighted by Crippen LogP contribution is 2.35. The largest absolute Gasteiger partial charge is 0.495 e. The van der Waals surface area contributed by atoms with E-state index in [0.717, 1.165) is 12.2 Å². The van der Waals surface area contributed by atoms with Gasteiger partial charge in [0.2, 0.25) is 0 Å². The number of hydrogen-bond acceptors (Lipinski definition) is 4. The lowest BCUT2D eigenvalue weighted by Crippen LogP contribution is -2.14. The Kier molecular flexibility index (Phi) is 4.95. The number of rotatable bonds is 5. The first-order chi connectivity index (χ1) is 10.6. The van der Waals surface area contributed by atoms with Gasteiger partial charge in [0.1, 0.15) is 23.5 Å². The number of anilines is 1. The van der Waals surface area contributed by atoms with E-state index in [1.165, 1.54) is 19.2 Å². The van der Waals surface area contributed by atoms with E-state index in [-0.39, 0.29) is 11.3 Å². The van der Waals surface area contributed by atoms with Gasteiger partial charge in [-0.05, 0) is 37.6 Å². The van der Waals surface area contributed by atoms with Crippen LogP contribution in [0.3, 0.4) is 0 Å².